The average molecular weight is 323 g/mol. The largest absolute Gasteiger partial charge is 1.00 e. The van der Waals surface area contributed by atoms with Crippen molar-refractivity contribution in [2.75, 3.05) is 5.32 Å². The zero-order valence-corrected chi connectivity index (χ0v) is 13.6. The second-order valence-electron chi connectivity index (χ2n) is 3.39. The number of benzene rings is 1. The van der Waals surface area contributed by atoms with Crippen LogP contribution in [0.2, 0.25) is 10.0 Å². The Morgan fingerprint density at radius 2 is 1.80 bits per heavy atom. The molecule has 0 bridgehead atoms. The van der Waals surface area contributed by atoms with Crippen molar-refractivity contribution in [3.8, 4) is 0 Å². The standard InChI is InChI=1S/C10H6Cl2N4O3.Na/c11-6-1-4(5(9(18)19)2-7(6)12)8(17)15-10-13-3-14-16-10;/h1-3H,(H,18,19)(H2,13,14,15,16,17);/q;+1/p-1. The van der Waals surface area contributed by atoms with Crippen molar-refractivity contribution in [2.45, 2.75) is 0 Å². The fourth-order valence-electron chi connectivity index (χ4n) is 1.34. The van der Waals surface area contributed by atoms with E-state index in [-0.39, 0.29) is 56.7 Å². The van der Waals surface area contributed by atoms with E-state index < -0.39 is 11.9 Å². The van der Waals surface area contributed by atoms with E-state index in [1.54, 1.807) is 0 Å². The Hall–Kier alpha value is -1.12. The molecule has 2 N–H and O–H groups in total. The summed E-state index contributed by atoms with van der Waals surface area (Å²) in [6.07, 6.45) is 1.18. The van der Waals surface area contributed by atoms with Crippen molar-refractivity contribution in [3.05, 3.63) is 39.6 Å². The number of H-pyrrole nitrogens is 1. The number of carboxylic acids is 1. The maximum Gasteiger partial charge on any atom is 1.00 e. The molecule has 0 atom stereocenters. The SMILES string of the molecule is O=C([O-])c1cc(Cl)c(Cl)cc1C(=O)Nc1ncn[nH]1.[Na+]. The van der Waals surface area contributed by atoms with Crippen LogP contribution in [0.4, 0.5) is 5.95 Å². The number of carbonyl (C=O) groups is 2. The Bertz CT molecular complexity index is 648. The first-order valence-corrected chi connectivity index (χ1v) is 5.61. The summed E-state index contributed by atoms with van der Waals surface area (Å²) in [7, 11) is 0. The third-order valence-electron chi connectivity index (χ3n) is 2.17. The van der Waals surface area contributed by atoms with Gasteiger partial charge in [-0.25, -0.2) is 5.10 Å². The first-order chi connectivity index (χ1) is 8.99. The van der Waals surface area contributed by atoms with Crippen LogP contribution >= 0.6 is 23.2 Å². The van der Waals surface area contributed by atoms with Crippen LogP contribution < -0.4 is 40.0 Å². The predicted molar refractivity (Wildman–Crippen MR) is 65.1 cm³/mol. The molecule has 20 heavy (non-hydrogen) atoms. The van der Waals surface area contributed by atoms with Crippen molar-refractivity contribution in [1.29, 1.82) is 0 Å². The van der Waals surface area contributed by atoms with Gasteiger partial charge in [0.15, 0.2) is 0 Å². The molecule has 1 aromatic carbocycles. The number of carbonyl (C=O) groups excluding carboxylic acids is 2. The van der Waals surface area contributed by atoms with Crippen molar-refractivity contribution in [1.82, 2.24) is 15.2 Å². The molecule has 0 spiro atoms. The topological polar surface area (TPSA) is 111 Å². The average Bonchev–Trinajstić information content (AvgIpc) is 2.84. The molecule has 2 rings (SSSR count). The number of aromatic amines is 1. The molecule has 7 nitrogen and oxygen atoms in total. The Balaban J connectivity index is 0.00000200. The molecule has 10 heteroatoms. The fourth-order valence-corrected chi connectivity index (χ4v) is 1.67. The minimum absolute atomic E-state index is 0. The van der Waals surface area contributed by atoms with E-state index in [1.165, 1.54) is 6.33 Å². The number of nitrogens with zero attached hydrogens (tertiary/aromatic N) is 2. The van der Waals surface area contributed by atoms with Crippen LogP contribution in [-0.4, -0.2) is 27.1 Å². The molecule has 0 aliphatic heterocycles. The van der Waals surface area contributed by atoms with Gasteiger partial charge in [0.25, 0.3) is 5.91 Å². The maximum absolute atomic E-state index is 11.9. The van der Waals surface area contributed by atoms with E-state index in [0.717, 1.165) is 12.1 Å². The predicted octanol–water partition coefficient (Wildman–Crippen LogP) is -2.27. The van der Waals surface area contributed by atoms with Gasteiger partial charge < -0.3 is 9.90 Å². The molecule has 0 fully saturated rings. The monoisotopic (exact) mass is 322 g/mol. The number of rotatable bonds is 3. The number of anilines is 1. The number of amides is 1. The van der Waals surface area contributed by atoms with E-state index in [0.29, 0.717) is 0 Å². The van der Waals surface area contributed by atoms with E-state index in [2.05, 4.69) is 20.5 Å². The number of hydrogen-bond donors (Lipinski definition) is 2. The smallest absolute Gasteiger partial charge is 0.545 e. The minimum atomic E-state index is -1.54. The van der Waals surface area contributed by atoms with Gasteiger partial charge in [-0.15, -0.1) is 0 Å². The maximum atomic E-state index is 11.9. The van der Waals surface area contributed by atoms with Crippen molar-refractivity contribution in [3.63, 3.8) is 0 Å². The fraction of sp³-hybridized carbons (Fsp3) is 0. The summed E-state index contributed by atoms with van der Waals surface area (Å²) in [6.45, 7) is 0. The summed E-state index contributed by atoms with van der Waals surface area (Å²) < 4.78 is 0. The van der Waals surface area contributed by atoms with Crippen LogP contribution in [0.5, 0.6) is 0 Å². The van der Waals surface area contributed by atoms with Crippen LogP contribution in [0.25, 0.3) is 0 Å². The van der Waals surface area contributed by atoms with Crippen LogP contribution in [0, 0.1) is 0 Å². The molecule has 1 aromatic heterocycles. The van der Waals surface area contributed by atoms with Gasteiger partial charge in [0.1, 0.15) is 6.33 Å². The van der Waals surface area contributed by atoms with Gasteiger partial charge in [0.2, 0.25) is 5.95 Å². The number of hydrogen-bond acceptors (Lipinski definition) is 5. The zero-order valence-electron chi connectivity index (χ0n) is 10.1. The number of nitrogens with one attached hydrogen (secondary N) is 2. The molecule has 0 unspecified atom stereocenters. The Kier molecular flexibility index (Phi) is 5.97. The van der Waals surface area contributed by atoms with Gasteiger partial charge in [0.05, 0.1) is 21.6 Å². The number of carboxylic acid groups (broad SMARTS) is 1. The third kappa shape index (κ3) is 3.71. The molecule has 0 saturated heterocycles. The second-order valence-corrected chi connectivity index (χ2v) is 4.20. The molecule has 98 valence electrons. The Morgan fingerprint density at radius 1 is 1.20 bits per heavy atom. The first-order valence-electron chi connectivity index (χ1n) is 4.86. The normalized spacial score (nSPS) is 9.70. The van der Waals surface area contributed by atoms with E-state index >= 15 is 0 Å². The van der Waals surface area contributed by atoms with Gasteiger partial charge in [-0.1, -0.05) is 23.2 Å². The van der Waals surface area contributed by atoms with Crippen LogP contribution in [0.15, 0.2) is 18.5 Å². The van der Waals surface area contributed by atoms with E-state index in [4.69, 9.17) is 23.2 Å². The van der Waals surface area contributed by atoms with Gasteiger partial charge >= 0.3 is 29.6 Å². The van der Waals surface area contributed by atoms with Gasteiger partial charge in [0, 0.05) is 5.56 Å². The summed E-state index contributed by atoms with van der Waals surface area (Å²) >= 11 is 11.4. The molecule has 2 aromatic rings. The molecular formula is C10H5Cl2N4NaO3. The van der Waals surface area contributed by atoms with Crippen molar-refractivity contribution in [2.24, 2.45) is 0 Å². The number of aromatic nitrogens is 3. The summed E-state index contributed by atoms with van der Waals surface area (Å²) in [6, 6.07) is 2.19. The van der Waals surface area contributed by atoms with Crippen molar-refractivity contribution >= 4 is 41.0 Å². The molecule has 0 radical (unpaired) electrons. The first kappa shape index (κ1) is 16.9. The van der Waals surface area contributed by atoms with Crippen LogP contribution in [-0.2, 0) is 0 Å². The Morgan fingerprint density at radius 3 is 2.30 bits per heavy atom. The van der Waals surface area contributed by atoms with Gasteiger partial charge in [-0.05, 0) is 12.1 Å². The van der Waals surface area contributed by atoms with Crippen LogP contribution in [0.1, 0.15) is 20.7 Å². The van der Waals surface area contributed by atoms with Gasteiger partial charge in [-0.3, -0.25) is 10.1 Å². The van der Waals surface area contributed by atoms with Crippen LogP contribution in [0.3, 0.4) is 0 Å². The third-order valence-corrected chi connectivity index (χ3v) is 2.89. The summed E-state index contributed by atoms with van der Waals surface area (Å²) in [5.74, 6) is -2.20. The minimum Gasteiger partial charge on any atom is -0.545 e. The molecule has 0 aliphatic rings. The molecule has 1 amide bonds. The Labute approximate surface area is 145 Å². The summed E-state index contributed by atoms with van der Waals surface area (Å²) in [4.78, 5) is 26.5. The van der Waals surface area contributed by atoms with Crippen molar-refractivity contribution < 1.29 is 44.3 Å². The van der Waals surface area contributed by atoms with E-state index in [9.17, 15) is 14.7 Å². The van der Waals surface area contributed by atoms with Gasteiger partial charge in [-0.2, -0.15) is 10.1 Å². The molecule has 0 saturated carbocycles. The quantitative estimate of drug-likeness (QED) is 0.619. The van der Waals surface area contributed by atoms with E-state index in [1.807, 2.05) is 0 Å². The number of aromatic carboxylic acids is 1. The molecular weight excluding hydrogens is 318 g/mol. The zero-order chi connectivity index (χ0) is 14.0. The molecule has 0 aliphatic carbocycles. The summed E-state index contributed by atoms with van der Waals surface area (Å²) in [5.41, 5.74) is -0.558. The number of halogens is 2. The molecule has 1 heterocycles. The second kappa shape index (κ2) is 7.05. The summed E-state index contributed by atoms with van der Waals surface area (Å²) in [5, 5.41) is 19.3.